The SMILES string of the molecule is COc1ccc(P(=O)(c2ccc(OC)cc2)c2nc3ccccc3s2)cc1. The fraction of sp³-hybridized carbons (Fsp3) is 0.0952. The predicted octanol–water partition coefficient (Wildman–Crippen LogP) is 3.95. The molecule has 1 aromatic heterocycles. The van der Waals surface area contributed by atoms with Crippen LogP contribution in [0.15, 0.2) is 72.8 Å². The first kappa shape index (κ1) is 17.8. The largest absolute Gasteiger partial charge is 0.497 e. The van der Waals surface area contributed by atoms with E-state index < -0.39 is 7.14 Å². The zero-order valence-corrected chi connectivity index (χ0v) is 16.7. The third-order valence-corrected chi connectivity index (χ3v) is 9.00. The van der Waals surface area contributed by atoms with Crippen LogP contribution in [0.2, 0.25) is 0 Å². The molecule has 3 aromatic carbocycles. The molecule has 0 fully saturated rings. The highest BCUT2D eigenvalue weighted by Crippen LogP contribution is 2.45. The minimum absolute atomic E-state index is 0.624. The van der Waals surface area contributed by atoms with E-state index in [1.165, 1.54) is 11.3 Å². The van der Waals surface area contributed by atoms with Crippen LogP contribution in [0.3, 0.4) is 0 Å². The van der Waals surface area contributed by atoms with Crippen molar-refractivity contribution in [2.75, 3.05) is 14.2 Å². The van der Waals surface area contributed by atoms with E-state index in [0.717, 1.165) is 32.3 Å². The number of nitrogens with zero attached hydrogens (tertiary/aromatic N) is 1. The predicted molar refractivity (Wildman–Crippen MR) is 112 cm³/mol. The minimum atomic E-state index is -3.11. The van der Waals surface area contributed by atoms with Gasteiger partial charge < -0.3 is 14.0 Å². The molecule has 1 heterocycles. The van der Waals surface area contributed by atoms with Gasteiger partial charge in [0.05, 0.1) is 24.4 Å². The molecule has 4 aromatic rings. The Morgan fingerprint density at radius 1 is 0.778 bits per heavy atom. The lowest BCUT2D eigenvalue weighted by Crippen LogP contribution is -2.24. The van der Waals surface area contributed by atoms with E-state index in [1.54, 1.807) is 14.2 Å². The molecule has 0 aliphatic carbocycles. The molecule has 0 spiro atoms. The van der Waals surface area contributed by atoms with E-state index in [2.05, 4.69) is 0 Å². The fourth-order valence-corrected chi connectivity index (χ4v) is 7.22. The van der Waals surface area contributed by atoms with Crippen LogP contribution in [0.1, 0.15) is 0 Å². The zero-order valence-electron chi connectivity index (χ0n) is 15.0. The Hall–Kier alpha value is -2.62. The molecule has 4 rings (SSSR count). The molecule has 0 N–H and O–H groups in total. The highest BCUT2D eigenvalue weighted by atomic mass is 32.1. The quantitative estimate of drug-likeness (QED) is 0.480. The summed E-state index contributed by atoms with van der Waals surface area (Å²) in [7, 11) is 0.120. The Kier molecular flexibility index (Phi) is 4.73. The van der Waals surface area contributed by atoms with Crippen molar-refractivity contribution in [3.63, 3.8) is 0 Å². The maximum atomic E-state index is 14.5. The molecular weight excluding hydrogens is 377 g/mol. The molecule has 0 bridgehead atoms. The summed E-state index contributed by atoms with van der Waals surface area (Å²) in [6.07, 6.45) is 0. The number of rotatable bonds is 5. The average Bonchev–Trinajstić information content (AvgIpc) is 3.18. The van der Waals surface area contributed by atoms with Crippen LogP contribution in [-0.2, 0) is 4.57 Å². The van der Waals surface area contributed by atoms with Gasteiger partial charge in [0.1, 0.15) is 11.5 Å². The molecule has 0 saturated heterocycles. The summed E-state index contributed by atoms with van der Waals surface area (Å²) in [5.41, 5.74) is 0.861. The second-order valence-electron chi connectivity index (χ2n) is 5.97. The van der Waals surface area contributed by atoms with Crippen molar-refractivity contribution < 1.29 is 14.0 Å². The van der Waals surface area contributed by atoms with Crippen molar-refractivity contribution in [2.24, 2.45) is 0 Å². The molecule has 0 atom stereocenters. The average molecular weight is 395 g/mol. The first-order valence-electron chi connectivity index (χ1n) is 8.40. The van der Waals surface area contributed by atoms with Crippen LogP contribution in [0.25, 0.3) is 10.2 Å². The van der Waals surface area contributed by atoms with Crippen LogP contribution >= 0.6 is 18.5 Å². The summed E-state index contributed by atoms with van der Waals surface area (Å²) in [5, 5.41) is 1.46. The fourth-order valence-electron chi connectivity index (χ4n) is 2.95. The van der Waals surface area contributed by atoms with Crippen molar-refractivity contribution in [1.82, 2.24) is 4.98 Å². The van der Waals surface area contributed by atoms with Gasteiger partial charge in [-0.2, -0.15) is 0 Å². The van der Waals surface area contributed by atoms with Crippen molar-refractivity contribution in [3.05, 3.63) is 72.8 Å². The topological polar surface area (TPSA) is 48.4 Å². The number of hydrogen-bond acceptors (Lipinski definition) is 5. The van der Waals surface area contributed by atoms with Crippen molar-refractivity contribution in [3.8, 4) is 11.5 Å². The number of aromatic nitrogens is 1. The molecule has 0 amide bonds. The molecule has 0 aliphatic heterocycles. The van der Waals surface area contributed by atoms with E-state index in [1.807, 2.05) is 72.8 Å². The van der Waals surface area contributed by atoms with Crippen molar-refractivity contribution in [1.29, 1.82) is 0 Å². The lowest BCUT2D eigenvalue weighted by Gasteiger charge is -2.17. The van der Waals surface area contributed by atoms with E-state index in [-0.39, 0.29) is 0 Å². The van der Waals surface area contributed by atoms with E-state index in [4.69, 9.17) is 14.5 Å². The van der Waals surface area contributed by atoms with Crippen LogP contribution in [0, 0.1) is 0 Å². The number of methoxy groups -OCH3 is 2. The molecule has 4 nitrogen and oxygen atoms in total. The highest BCUT2D eigenvalue weighted by molar-refractivity contribution is 7.89. The Bertz CT molecular complexity index is 1040. The van der Waals surface area contributed by atoms with Gasteiger partial charge in [0, 0.05) is 10.6 Å². The lowest BCUT2D eigenvalue weighted by molar-refractivity contribution is 0.415. The summed E-state index contributed by atoms with van der Waals surface area (Å²) < 4.78 is 26.6. The van der Waals surface area contributed by atoms with Gasteiger partial charge in [-0.3, -0.25) is 0 Å². The van der Waals surface area contributed by atoms with Gasteiger partial charge in [-0.25, -0.2) is 4.98 Å². The second kappa shape index (κ2) is 7.18. The lowest BCUT2D eigenvalue weighted by atomic mass is 10.3. The Labute approximate surface area is 161 Å². The summed E-state index contributed by atoms with van der Waals surface area (Å²) in [4.78, 5) is 4.72. The Morgan fingerprint density at radius 3 is 1.78 bits per heavy atom. The van der Waals surface area contributed by atoms with E-state index >= 15 is 0 Å². The van der Waals surface area contributed by atoms with Gasteiger partial charge >= 0.3 is 0 Å². The van der Waals surface area contributed by atoms with Gasteiger partial charge in [-0.05, 0) is 60.7 Å². The van der Waals surface area contributed by atoms with Gasteiger partial charge in [0.15, 0.2) is 11.9 Å². The maximum Gasteiger partial charge on any atom is 0.198 e. The molecular formula is C21H18NO3PS. The van der Waals surface area contributed by atoms with Gasteiger partial charge in [-0.1, -0.05) is 12.1 Å². The summed E-state index contributed by atoms with van der Waals surface area (Å²) in [5.74, 6) is 1.45. The number of para-hydroxylation sites is 1. The minimum Gasteiger partial charge on any atom is -0.497 e. The highest BCUT2D eigenvalue weighted by Gasteiger charge is 2.33. The standard InChI is InChI=1S/C21H18NO3PS/c1-24-15-7-11-17(12-8-15)26(23,18-13-9-16(25-2)10-14-18)21-22-19-5-3-4-6-20(19)27-21/h3-14H,1-2H3. The second-order valence-corrected chi connectivity index (χ2v) is 9.98. The third-order valence-electron chi connectivity index (χ3n) is 4.42. The van der Waals surface area contributed by atoms with Crippen LogP contribution in [-0.4, -0.2) is 19.2 Å². The van der Waals surface area contributed by atoms with Crippen LogP contribution < -0.4 is 24.8 Å². The smallest absolute Gasteiger partial charge is 0.198 e. The normalized spacial score (nSPS) is 11.5. The van der Waals surface area contributed by atoms with Gasteiger partial charge in [-0.15, -0.1) is 11.3 Å². The van der Waals surface area contributed by atoms with Crippen molar-refractivity contribution in [2.45, 2.75) is 0 Å². The van der Waals surface area contributed by atoms with E-state index in [0.29, 0.717) is 4.75 Å². The summed E-state index contributed by atoms with van der Waals surface area (Å²) in [6.45, 7) is 0. The molecule has 27 heavy (non-hydrogen) atoms. The zero-order chi connectivity index (χ0) is 18.9. The Morgan fingerprint density at radius 2 is 1.30 bits per heavy atom. The third kappa shape index (κ3) is 3.14. The first-order valence-corrected chi connectivity index (χ1v) is 10.9. The number of thiazole rings is 1. The number of benzene rings is 3. The number of ether oxygens (including phenoxy) is 2. The monoisotopic (exact) mass is 395 g/mol. The summed E-state index contributed by atoms with van der Waals surface area (Å²) in [6, 6.07) is 22.6. The van der Waals surface area contributed by atoms with Crippen LogP contribution in [0.4, 0.5) is 0 Å². The molecule has 0 radical (unpaired) electrons. The first-order chi connectivity index (χ1) is 13.1. The molecule has 0 unspecified atom stereocenters. The molecule has 0 saturated carbocycles. The number of fused-ring (bicyclic) bond motifs is 1. The molecule has 0 aliphatic rings. The van der Waals surface area contributed by atoms with Gasteiger partial charge in [0.25, 0.3) is 0 Å². The maximum absolute atomic E-state index is 14.5. The molecule has 136 valence electrons. The van der Waals surface area contributed by atoms with Gasteiger partial charge in [0.2, 0.25) is 0 Å². The number of hydrogen-bond donors (Lipinski definition) is 0. The van der Waals surface area contributed by atoms with Crippen LogP contribution in [0.5, 0.6) is 11.5 Å². The van der Waals surface area contributed by atoms with E-state index in [9.17, 15) is 4.57 Å². The Balaban J connectivity index is 1.93. The summed E-state index contributed by atoms with van der Waals surface area (Å²) >= 11 is 1.48. The molecule has 6 heteroatoms. The van der Waals surface area contributed by atoms with Crippen molar-refractivity contribution >= 4 is 44.1 Å².